The topological polar surface area (TPSA) is 42.0 Å². The van der Waals surface area contributed by atoms with E-state index < -0.39 is 11.1 Å². The molecule has 1 spiro atoms. The van der Waals surface area contributed by atoms with Crippen molar-refractivity contribution >= 4 is 11.6 Å². The van der Waals surface area contributed by atoms with Gasteiger partial charge in [0.15, 0.2) is 0 Å². The van der Waals surface area contributed by atoms with Crippen LogP contribution in [0.2, 0.25) is 0 Å². The van der Waals surface area contributed by atoms with Gasteiger partial charge in [-0.1, -0.05) is 60.7 Å². The van der Waals surface area contributed by atoms with Gasteiger partial charge in [0.25, 0.3) is 0 Å². The third-order valence-electron chi connectivity index (χ3n) is 7.82. The molecule has 4 atom stereocenters. The molecule has 6 rings (SSSR count). The number of carbonyl (C=O) groups excluding carboxylic acids is 1. The Morgan fingerprint density at radius 1 is 0.939 bits per heavy atom. The quantitative estimate of drug-likeness (QED) is 0.584. The van der Waals surface area contributed by atoms with Crippen molar-refractivity contribution in [2.45, 2.75) is 36.6 Å². The first-order valence-corrected chi connectivity index (χ1v) is 11.5. The van der Waals surface area contributed by atoms with Gasteiger partial charge in [-0.05, 0) is 41.8 Å². The average molecular weight is 441 g/mol. The molecule has 3 heterocycles. The van der Waals surface area contributed by atoms with Crippen LogP contribution in [-0.4, -0.2) is 37.3 Å². The molecule has 2 fully saturated rings. The standard InChI is InChI=1S/C28H28N2O3/c1-27-18-28(26(31)30(27)24(17-33-27)19-9-5-4-6-10-19)22-11-7-8-12-23(22)29(2)25(28)20-13-15-21(32-3)16-14-20/h4-16,24-25H,17-18H2,1-3H3/t24-,25-,27-,28-/m1/s1. The van der Waals surface area contributed by atoms with Crippen LogP contribution in [-0.2, 0) is 14.9 Å². The van der Waals surface area contributed by atoms with Gasteiger partial charge in [-0.3, -0.25) is 4.79 Å². The highest BCUT2D eigenvalue weighted by atomic mass is 16.5. The van der Waals surface area contributed by atoms with Crippen LogP contribution in [0.15, 0.2) is 78.9 Å². The summed E-state index contributed by atoms with van der Waals surface area (Å²) in [6.07, 6.45) is 0.611. The van der Waals surface area contributed by atoms with Crippen molar-refractivity contribution in [3.8, 4) is 5.75 Å². The highest BCUT2D eigenvalue weighted by Crippen LogP contribution is 2.63. The van der Waals surface area contributed by atoms with Gasteiger partial charge in [0.05, 0.1) is 25.8 Å². The number of hydrogen-bond donors (Lipinski definition) is 0. The molecule has 168 valence electrons. The Hall–Kier alpha value is -3.31. The summed E-state index contributed by atoms with van der Waals surface area (Å²) in [4.78, 5) is 18.9. The van der Waals surface area contributed by atoms with E-state index >= 15 is 0 Å². The van der Waals surface area contributed by atoms with Crippen molar-refractivity contribution in [3.63, 3.8) is 0 Å². The fourth-order valence-electron chi connectivity index (χ4n) is 6.45. The number of hydrogen-bond acceptors (Lipinski definition) is 4. The molecule has 3 aliphatic rings. The van der Waals surface area contributed by atoms with Crippen LogP contribution < -0.4 is 9.64 Å². The maximum Gasteiger partial charge on any atom is 0.238 e. The van der Waals surface area contributed by atoms with Crippen molar-refractivity contribution in [2.75, 3.05) is 25.7 Å². The van der Waals surface area contributed by atoms with Crippen LogP contribution >= 0.6 is 0 Å². The predicted octanol–water partition coefficient (Wildman–Crippen LogP) is 4.84. The zero-order valence-corrected chi connectivity index (χ0v) is 19.2. The van der Waals surface area contributed by atoms with E-state index in [9.17, 15) is 4.79 Å². The minimum Gasteiger partial charge on any atom is -0.497 e. The second-order valence-corrected chi connectivity index (χ2v) is 9.54. The summed E-state index contributed by atoms with van der Waals surface area (Å²) in [5, 5.41) is 0. The molecule has 3 aromatic carbocycles. The maximum atomic E-state index is 14.6. The number of fused-ring (bicyclic) bond motifs is 3. The number of benzene rings is 3. The van der Waals surface area contributed by atoms with E-state index in [-0.39, 0.29) is 18.0 Å². The lowest BCUT2D eigenvalue weighted by atomic mass is 9.71. The molecule has 0 radical (unpaired) electrons. The zero-order valence-electron chi connectivity index (χ0n) is 19.2. The molecule has 0 aromatic heterocycles. The Bertz CT molecular complexity index is 1210. The van der Waals surface area contributed by atoms with Crippen LogP contribution in [0.3, 0.4) is 0 Å². The molecule has 33 heavy (non-hydrogen) atoms. The molecular formula is C28H28N2O3. The number of ether oxygens (including phenoxy) is 2. The van der Waals surface area contributed by atoms with E-state index in [1.165, 1.54) is 0 Å². The van der Waals surface area contributed by atoms with Gasteiger partial charge in [0.2, 0.25) is 5.91 Å². The summed E-state index contributed by atoms with van der Waals surface area (Å²) in [7, 11) is 3.77. The van der Waals surface area contributed by atoms with Gasteiger partial charge >= 0.3 is 0 Å². The minimum atomic E-state index is -0.720. The fraction of sp³-hybridized carbons (Fsp3) is 0.321. The lowest BCUT2D eigenvalue weighted by molar-refractivity contribution is -0.139. The lowest BCUT2D eigenvalue weighted by Crippen LogP contribution is -2.44. The van der Waals surface area contributed by atoms with Crippen LogP contribution in [0.1, 0.15) is 42.1 Å². The summed E-state index contributed by atoms with van der Waals surface area (Å²) < 4.78 is 11.8. The molecule has 1 amide bonds. The van der Waals surface area contributed by atoms with E-state index in [2.05, 4.69) is 55.3 Å². The number of rotatable bonds is 3. The van der Waals surface area contributed by atoms with Crippen LogP contribution in [0.5, 0.6) is 5.75 Å². The number of methoxy groups -OCH3 is 1. The van der Waals surface area contributed by atoms with Crippen molar-refractivity contribution in [1.82, 2.24) is 4.90 Å². The van der Waals surface area contributed by atoms with Crippen molar-refractivity contribution in [1.29, 1.82) is 0 Å². The second kappa shape index (κ2) is 7.09. The summed E-state index contributed by atoms with van der Waals surface area (Å²) in [6, 6.07) is 26.5. The van der Waals surface area contributed by atoms with Crippen molar-refractivity contribution < 1.29 is 14.3 Å². The molecule has 0 aliphatic carbocycles. The van der Waals surface area contributed by atoms with Crippen LogP contribution in [0, 0.1) is 0 Å². The van der Waals surface area contributed by atoms with Crippen molar-refractivity contribution in [3.05, 3.63) is 95.6 Å². The molecule has 0 bridgehead atoms. The van der Waals surface area contributed by atoms with Gasteiger partial charge in [-0.2, -0.15) is 0 Å². The van der Waals surface area contributed by atoms with E-state index in [1.807, 2.05) is 47.4 Å². The Labute approximate surface area is 194 Å². The Morgan fingerprint density at radius 3 is 2.36 bits per heavy atom. The second-order valence-electron chi connectivity index (χ2n) is 9.54. The molecular weight excluding hydrogens is 412 g/mol. The van der Waals surface area contributed by atoms with Crippen molar-refractivity contribution in [2.24, 2.45) is 0 Å². The SMILES string of the molecule is COc1ccc([C@H]2N(C)c3ccccc3[C@]23C[C@@]2(C)OC[C@H](c4ccccc4)N2C3=O)cc1. The molecule has 3 aliphatic heterocycles. The Balaban J connectivity index is 1.52. The first-order chi connectivity index (χ1) is 16.0. The highest BCUT2D eigenvalue weighted by molar-refractivity contribution is 5.97. The highest BCUT2D eigenvalue weighted by Gasteiger charge is 2.69. The molecule has 0 N–H and O–H groups in total. The average Bonchev–Trinajstić information content (AvgIpc) is 3.40. The van der Waals surface area contributed by atoms with Gasteiger partial charge in [-0.25, -0.2) is 0 Å². The first-order valence-electron chi connectivity index (χ1n) is 11.5. The summed E-state index contributed by atoms with van der Waals surface area (Å²) in [5.41, 5.74) is 3.04. The number of carbonyl (C=O) groups is 1. The third-order valence-corrected chi connectivity index (χ3v) is 7.82. The number of amides is 1. The zero-order chi connectivity index (χ0) is 22.8. The molecule has 0 saturated carbocycles. The minimum absolute atomic E-state index is 0.0855. The summed E-state index contributed by atoms with van der Waals surface area (Å²) in [5.74, 6) is 0.956. The predicted molar refractivity (Wildman–Crippen MR) is 127 cm³/mol. The van der Waals surface area contributed by atoms with Gasteiger partial charge < -0.3 is 19.3 Å². The van der Waals surface area contributed by atoms with E-state index in [1.54, 1.807) is 7.11 Å². The molecule has 0 unspecified atom stereocenters. The Kier molecular flexibility index (Phi) is 4.36. The van der Waals surface area contributed by atoms with Gasteiger partial charge in [0, 0.05) is 19.2 Å². The molecule has 3 aromatic rings. The smallest absolute Gasteiger partial charge is 0.238 e. The first kappa shape index (κ1) is 20.3. The summed E-state index contributed by atoms with van der Waals surface area (Å²) in [6.45, 7) is 2.60. The van der Waals surface area contributed by atoms with Gasteiger partial charge in [-0.15, -0.1) is 0 Å². The number of para-hydroxylation sites is 1. The maximum absolute atomic E-state index is 14.6. The molecule has 5 heteroatoms. The van der Waals surface area contributed by atoms with Gasteiger partial charge in [0.1, 0.15) is 16.9 Å². The number of anilines is 1. The third kappa shape index (κ3) is 2.66. The van der Waals surface area contributed by atoms with E-state index in [0.29, 0.717) is 13.0 Å². The summed E-state index contributed by atoms with van der Waals surface area (Å²) >= 11 is 0. The monoisotopic (exact) mass is 440 g/mol. The fourth-order valence-corrected chi connectivity index (χ4v) is 6.45. The lowest BCUT2D eigenvalue weighted by Gasteiger charge is -2.35. The largest absolute Gasteiger partial charge is 0.497 e. The van der Waals surface area contributed by atoms with Crippen LogP contribution in [0.25, 0.3) is 0 Å². The molecule has 2 saturated heterocycles. The van der Waals surface area contributed by atoms with Crippen LogP contribution in [0.4, 0.5) is 5.69 Å². The number of nitrogens with zero attached hydrogens (tertiary/aromatic N) is 2. The molecule has 5 nitrogen and oxygen atoms in total. The number of likely N-dealkylation sites (N-methyl/N-ethyl adjacent to an activating group) is 1. The van der Waals surface area contributed by atoms with E-state index in [0.717, 1.165) is 28.1 Å². The van der Waals surface area contributed by atoms with E-state index in [4.69, 9.17) is 9.47 Å². The Morgan fingerprint density at radius 2 is 1.64 bits per heavy atom. The normalized spacial score (nSPS) is 30.1.